The number of aryl methyl sites for hydroxylation is 1. The summed E-state index contributed by atoms with van der Waals surface area (Å²) in [6, 6.07) is 15.2. The van der Waals surface area contributed by atoms with Crippen LogP contribution in [0.1, 0.15) is 23.5 Å². The number of hydrogen-bond acceptors (Lipinski definition) is 3. The Morgan fingerprint density at radius 2 is 2.07 bits per heavy atom. The Balaban J connectivity index is 0.00000256. The molecule has 1 aliphatic rings. The van der Waals surface area contributed by atoms with Crippen LogP contribution in [0.3, 0.4) is 0 Å². The summed E-state index contributed by atoms with van der Waals surface area (Å²) < 4.78 is 1.89. The third kappa shape index (κ3) is 5.49. The van der Waals surface area contributed by atoms with E-state index in [0.717, 1.165) is 43.5 Å². The quantitative estimate of drug-likeness (QED) is 0.219. The van der Waals surface area contributed by atoms with Gasteiger partial charge in [-0.1, -0.05) is 42.5 Å². The van der Waals surface area contributed by atoms with Crippen LogP contribution in [-0.2, 0) is 12.8 Å². The summed E-state index contributed by atoms with van der Waals surface area (Å²) in [6.07, 6.45) is 5.28. The van der Waals surface area contributed by atoms with Gasteiger partial charge in [0.25, 0.3) is 0 Å². The van der Waals surface area contributed by atoms with E-state index in [9.17, 15) is 0 Å². The van der Waals surface area contributed by atoms with Crippen LogP contribution in [0.4, 0.5) is 0 Å². The van der Waals surface area contributed by atoms with Gasteiger partial charge >= 0.3 is 0 Å². The fourth-order valence-electron chi connectivity index (χ4n) is 4.04. The van der Waals surface area contributed by atoms with Gasteiger partial charge in [0.05, 0.1) is 6.20 Å². The molecule has 2 heterocycles. The van der Waals surface area contributed by atoms with Gasteiger partial charge in [-0.3, -0.25) is 9.67 Å². The topological polar surface area (TPSA) is 45.5 Å². The molecule has 5 nitrogen and oxygen atoms in total. The zero-order valence-corrected chi connectivity index (χ0v) is 20.8. The van der Waals surface area contributed by atoms with Crippen LogP contribution in [0.5, 0.6) is 0 Å². The molecule has 0 saturated carbocycles. The third-order valence-corrected chi connectivity index (χ3v) is 6.57. The van der Waals surface area contributed by atoms with Crippen LogP contribution in [0.2, 0.25) is 0 Å². The molecule has 30 heavy (non-hydrogen) atoms. The standard InChI is InChI=1S/C23H29N5S.HI/c1-24-23(28-12-10-19(16-28)21-14-26-27(2)15-21)25-11-13-29-17-20-8-5-7-18-6-3-4-9-22(18)20;/h3-9,14-15,19H,10-13,16-17H2,1-2H3,(H,24,25);1H. The van der Waals surface area contributed by atoms with Crippen molar-refractivity contribution >= 4 is 52.5 Å². The highest BCUT2D eigenvalue weighted by atomic mass is 127. The first-order valence-electron chi connectivity index (χ1n) is 10.2. The normalized spacial score (nSPS) is 16.7. The minimum atomic E-state index is 0. The van der Waals surface area contributed by atoms with Crippen molar-refractivity contribution in [3.63, 3.8) is 0 Å². The number of rotatable bonds is 6. The van der Waals surface area contributed by atoms with Crippen molar-refractivity contribution in [1.82, 2.24) is 20.0 Å². The first kappa shape index (κ1) is 22.9. The molecule has 0 amide bonds. The van der Waals surface area contributed by atoms with E-state index in [2.05, 4.69) is 69.0 Å². The molecule has 160 valence electrons. The number of halogens is 1. The van der Waals surface area contributed by atoms with E-state index in [1.807, 2.05) is 36.7 Å². The van der Waals surface area contributed by atoms with Gasteiger partial charge in [0, 0.05) is 57.4 Å². The molecule has 0 radical (unpaired) electrons. The first-order valence-corrected chi connectivity index (χ1v) is 11.4. The van der Waals surface area contributed by atoms with Crippen molar-refractivity contribution in [2.24, 2.45) is 12.0 Å². The minimum absolute atomic E-state index is 0. The molecule has 1 saturated heterocycles. The van der Waals surface area contributed by atoms with Crippen molar-refractivity contribution in [2.45, 2.75) is 18.1 Å². The molecule has 0 spiro atoms. The number of benzene rings is 2. The number of likely N-dealkylation sites (tertiary alicyclic amines) is 1. The number of aromatic nitrogens is 2. The fourth-order valence-corrected chi connectivity index (χ4v) is 4.91. The zero-order chi connectivity index (χ0) is 20.1. The second-order valence-electron chi connectivity index (χ2n) is 7.54. The summed E-state index contributed by atoms with van der Waals surface area (Å²) >= 11 is 1.97. The Morgan fingerprint density at radius 1 is 1.23 bits per heavy atom. The SMILES string of the molecule is CN=C(NCCSCc1cccc2ccccc12)N1CCC(c2cnn(C)c2)C1.I. The lowest BCUT2D eigenvalue weighted by Gasteiger charge is -2.21. The molecule has 7 heteroatoms. The number of aliphatic imine (C=N–C) groups is 1. The van der Waals surface area contributed by atoms with Crippen molar-refractivity contribution in [3.05, 3.63) is 66.0 Å². The van der Waals surface area contributed by atoms with E-state index in [4.69, 9.17) is 0 Å². The molecule has 1 aromatic heterocycles. The average molecular weight is 535 g/mol. The Kier molecular flexibility index (Phi) is 8.44. The average Bonchev–Trinajstić information content (AvgIpc) is 3.40. The van der Waals surface area contributed by atoms with Gasteiger partial charge < -0.3 is 10.2 Å². The summed E-state index contributed by atoms with van der Waals surface area (Å²) in [5.41, 5.74) is 2.74. The number of hydrogen-bond donors (Lipinski definition) is 1. The van der Waals surface area contributed by atoms with Gasteiger partial charge in [-0.05, 0) is 28.3 Å². The van der Waals surface area contributed by atoms with Crippen molar-refractivity contribution in [3.8, 4) is 0 Å². The number of nitrogens with one attached hydrogen (secondary N) is 1. The third-order valence-electron chi connectivity index (χ3n) is 5.56. The molecule has 3 aromatic rings. The zero-order valence-electron chi connectivity index (χ0n) is 17.6. The highest BCUT2D eigenvalue weighted by Crippen LogP contribution is 2.26. The van der Waals surface area contributed by atoms with Crippen LogP contribution >= 0.6 is 35.7 Å². The maximum absolute atomic E-state index is 4.50. The van der Waals surface area contributed by atoms with E-state index >= 15 is 0 Å². The molecule has 2 aromatic carbocycles. The second kappa shape index (κ2) is 11.0. The lowest BCUT2D eigenvalue weighted by Crippen LogP contribution is -2.40. The van der Waals surface area contributed by atoms with E-state index in [-0.39, 0.29) is 24.0 Å². The molecule has 0 bridgehead atoms. The van der Waals surface area contributed by atoms with Crippen molar-refractivity contribution in [1.29, 1.82) is 0 Å². The van der Waals surface area contributed by atoms with Crippen molar-refractivity contribution < 1.29 is 0 Å². The molecular formula is C23H30IN5S. The van der Waals surface area contributed by atoms with Crippen molar-refractivity contribution in [2.75, 3.05) is 32.4 Å². The van der Waals surface area contributed by atoms with Gasteiger partial charge in [0.2, 0.25) is 0 Å². The van der Waals surface area contributed by atoms with Gasteiger partial charge in [-0.15, -0.1) is 24.0 Å². The van der Waals surface area contributed by atoms with E-state index in [0.29, 0.717) is 5.92 Å². The summed E-state index contributed by atoms with van der Waals surface area (Å²) in [5.74, 6) is 3.65. The van der Waals surface area contributed by atoms with Gasteiger partial charge in [-0.25, -0.2) is 0 Å². The van der Waals surface area contributed by atoms with Crippen LogP contribution < -0.4 is 5.32 Å². The summed E-state index contributed by atoms with van der Waals surface area (Å²) in [7, 11) is 3.86. The lowest BCUT2D eigenvalue weighted by atomic mass is 10.0. The number of fused-ring (bicyclic) bond motifs is 1. The van der Waals surface area contributed by atoms with E-state index in [1.54, 1.807) is 0 Å². The van der Waals surface area contributed by atoms with E-state index < -0.39 is 0 Å². The maximum atomic E-state index is 4.50. The number of nitrogens with zero attached hydrogens (tertiary/aromatic N) is 4. The molecule has 1 fully saturated rings. The fraction of sp³-hybridized carbons (Fsp3) is 0.391. The largest absolute Gasteiger partial charge is 0.355 e. The van der Waals surface area contributed by atoms with Crippen LogP contribution in [0.25, 0.3) is 10.8 Å². The first-order chi connectivity index (χ1) is 14.2. The minimum Gasteiger partial charge on any atom is -0.355 e. The predicted octanol–water partition coefficient (Wildman–Crippen LogP) is 4.49. The Bertz CT molecular complexity index is 981. The summed E-state index contributed by atoms with van der Waals surface area (Å²) in [6.45, 7) is 2.98. The van der Waals surface area contributed by atoms with Crippen LogP contribution in [-0.4, -0.2) is 53.1 Å². The molecule has 0 aliphatic carbocycles. The van der Waals surface area contributed by atoms with Gasteiger partial charge in [0.15, 0.2) is 5.96 Å². The second-order valence-corrected chi connectivity index (χ2v) is 8.65. The molecule has 1 unspecified atom stereocenters. The Hall–Kier alpha value is -1.74. The summed E-state index contributed by atoms with van der Waals surface area (Å²) in [4.78, 5) is 6.87. The van der Waals surface area contributed by atoms with Crippen LogP contribution in [0.15, 0.2) is 59.9 Å². The molecule has 1 atom stereocenters. The Labute approximate surface area is 200 Å². The number of guanidine groups is 1. The smallest absolute Gasteiger partial charge is 0.193 e. The molecular weight excluding hydrogens is 505 g/mol. The molecule has 1 N–H and O–H groups in total. The van der Waals surface area contributed by atoms with Gasteiger partial charge in [0.1, 0.15) is 0 Å². The highest BCUT2D eigenvalue weighted by molar-refractivity contribution is 14.0. The molecule has 1 aliphatic heterocycles. The van der Waals surface area contributed by atoms with E-state index in [1.165, 1.54) is 21.9 Å². The predicted molar refractivity (Wildman–Crippen MR) is 139 cm³/mol. The number of thioether (sulfide) groups is 1. The van der Waals surface area contributed by atoms with Crippen LogP contribution in [0, 0.1) is 0 Å². The Morgan fingerprint density at radius 3 is 2.87 bits per heavy atom. The van der Waals surface area contributed by atoms with Gasteiger partial charge in [-0.2, -0.15) is 16.9 Å². The summed E-state index contributed by atoms with van der Waals surface area (Å²) in [5, 5.41) is 10.5. The highest BCUT2D eigenvalue weighted by Gasteiger charge is 2.26. The lowest BCUT2D eigenvalue weighted by molar-refractivity contribution is 0.488. The monoisotopic (exact) mass is 535 g/mol. The maximum Gasteiger partial charge on any atom is 0.193 e. The molecule has 4 rings (SSSR count).